The highest BCUT2D eigenvalue weighted by molar-refractivity contribution is 7.89. The number of rotatable bonds is 8. The van der Waals surface area contributed by atoms with Gasteiger partial charge in [0.2, 0.25) is 15.9 Å². The van der Waals surface area contributed by atoms with Crippen molar-refractivity contribution in [3.8, 4) is 0 Å². The van der Waals surface area contributed by atoms with Crippen LogP contribution in [-0.2, 0) is 19.6 Å². The molecule has 0 radical (unpaired) electrons. The number of amides is 1. The molecule has 1 spiro atoms. The van der Waals surface area contributed by atoms with Crippen LogP contribution in [0.2, 0.25) is 10.0 Å². The lowest BCUT2D eigenvalue weighted by atomic mass is 9.97. The van der Waals surface area contributed by atoms with Gasteiger partial charge in [0, 0.05) is 33.4 Å². The predicted molar refractivity (Wildman–Crippen MR) is 122 cm³/mol. The van der Waals surface area contributed by atoms with E-state index in [-0.39, 0.29) is 26.9 Å². The molecule has 3 rings (SSSR count). The highest BCUT2D eigenvalue weighted by atomic mass is 35.5. The van der Waals surface area contributed by atoms with E-state index >= 15 is 0 Å². The fraction of sp³-hybridized carbons (Fsp3) is 0.667. The second kappa shape index (κ2) is 9.93. The quantitative estimate of drug-likeness (QED) is 0.564. The number of nitrogens with zero attached hydrogens (tertiary/aromatic N) is 2. The van der Waals surface area contributed by atoms with Gasteiger partial charge in [0.1, 0.15) is 4.90 Å². The lowest BCUT2D eigenvalue weighted by Crippen LogP contribution is -2.59. The number of benzene rings is 1. The van der Waals surface area contributed by atoms with Crippen molar-refractivity contribution in [2.24, 2.45) is 5.92 Å². The van der Waals surface area contributed by atoms with Crippen LogP contribution in [0.15, 0.2) is 23.1 Å². The van der Waals surface area contributed by atoms with Crippen molar-refractivity contribution in [3.05, 3.63) is 28.2 Å². The van der Waals surface area contributed by atoms with Crippen LogP contribution in [0.3, 0.4) is 0 Å². The fourth-order valence-corrected chi connectivity index (χ4v) is 6.70. The van der Waals surface area contributed by atoms with E-state index in [1.807, 2.05) is 4.90 Å². The van der Waals surface area contributed by atoms with E-state index in [2.05, 4.69) is 19.2 Å². The lowest BCUT2D eigenvalue weighted by molar-refractivity contribution is -0.133. The molecule has 2 fully saturated rings. The minimum atomic E-state index is -3.78. The normalized spacial score (nSPS) is 22.1. The molecular weight excluding hydrogens is 461 g/mol. The maximum Gasteiger partial charge on any atom is 0.244 e. The zero-order valence-corrected chi connectivity index (χ0v) is 20.6. The number of methoxy groups -OCH3 is 1. The SMILES string of the molecule is COCCCN1C(=O)C(CC(C)C)NC12CCN(S(=O)(=O)c1cccc(Cl)c1Cl)CC2. The summed E-state index contributed by atoms with van der Waals surface area (Å²) in [4.78, 5) is 15.1. The van der Waals surface area contributed by atoms with Gasteiger partial charge in [-0.3, -0.25) is 10.1 Å². The number of ether oxygens (including phenoxy) is 1. The summed E-state index contributed by atoms with van der Waals surface area (Å²) in [7, 11) is -2.14. The van der Waals surface area contributed by atoms with Gasteiger partial charge in [-0.05, 0) is 43.7 Å². The summed E-state index contributed by atoms with van der Waals surface area (Å²) in [5.74, 6) is 0.474. The van der Waals surface area contributed by atoms with Crippen molar-refractivity contribution in [1.29, 1.82) is 0 Å². The van der Waals surface area contributed by atoms with E-state index in [0.717, 1.165) is 12.8 Å². The summed E-state index contributed by atoms with van der Waals surface area (Å²) in [6.07, 6.45) is 2.51. The molecule has 1 unspecified atom stereocenters. The van der Waals surface area contributed by atoms with E-state index < -0.39 is 15.7 Å². The zero-order chi connectivity index (χ0) is 22.8. The maximum absolute atomic E-state index is 13.2. The topological polar surface area (TPSA) is 79.0 Å². The standard InChI is InChI=1S/C21H31Cl2N3O4S/c1-15(2)14-17-20(27)26(10-5-13-30-3)21(24-17)8-11-25(12-9-21)31(28,29)18-7-4-6-16(22)19(18)23/h4,6-7,15,17,24H,5,8-14H2,1-3H3. The van der Waals surface area contributed by atoms with Gasteiger partial charge in [-0.1, -0.05) is 43.1 Å². The summed E-state index contributed by atoms with van der Waals surface area (Å²) in [5.41, 5.74) is -0.533. The molecule has 174 valence electrons. The Labute approximate surface area is 195 Å². The van der Waals surface area contributed by atoms with Crippen LogP contribution in [0.5, 0.6) is 0 Å². The molecule has 2 heterocycles. The summed E-state index contributed by atoms with van der Waals surface area (Å²) in [6.45, 7) is 5.93. The molecule has 1 N–H and O–H groups in total. The Morgan fingerprint density at radius 1 is 1.26 bits per heavy atom. The Morgan fingerprint density at radius 3 is 2.55 bits per heavy atom. The number of carbonyl (C=O) groups excluding carboxylic acids is 1. The number of sulfonamides is 1. The first kappa shape index (κ1) is 24.7. The molecule has 10 heteroatoms. The third-order valence-corrected chi connectivity index (χ3v) is 8.92. The maximum atomic E-state index is 13.2. The third kappa shape index (κ3) is 5.04. The summed E-state index contributed by atoms with van der Waals surface area (Å²) >= 11 is 12.2. The van der Waals surface area contributed by atoms with Crippen molar-refractivity contribution >= 4 is 39.1 Å². The van der Waals surface area contributed by atoms with Gasteiger partial charge in [-0.25, -0.2) is 8.42 Å². The summed E-state index contributed by atoms with van der Waals surface area (Å²) in [6, 6.07) is 4.38. The Bertz CT molecular complexity index is 902. The number of nitrogens with one attached hydrogen (secondary N) is 1. The first-order valence-corrected chi connectivity index (χ1v) is 12.8. The molecule has 1 atom stereocenters. The molecule has 7 nitrogen and oxygen atoms in total. The van der Waals surface area contributed by atoms with Crippen molar-refractivity contribution in [2.45, 2.75) is 56.1 Å². The largest absolute Gasteiger partial charge is 0.385 e. The number of piperidine rings is 1. The average Bonchev–Trinajstić information content (AvgIpc) is 2.95. The van der Waals surface area contributed by atoms with E-state index in [0.29, 0.717) is 45.0 Å². The van der Waals surface area contributed by atoms with Gasteiger partial charge in [-0.15, -0.1) is 0 Å². The summed E-state index contributed by atoms with van der Waals surface area (Å²) in [5, 5.41) is 3.81. The fourth-order valence-electron chi connectivity index (χ4n) is 4.52. The molecule has 2 saturated heterocycles. The van der Waals surface area contributed by atoms with E-state index in [4.69, 9.17) is 27.9 Å². The molecule has 2 aliphatic rings. The van der Waals surface area contributed by atoms with Crippen molar-refractivity contribution < 1.29 is 17.9 Å². The van der Waals surface area contributed by atoms with Crippen LogP contribution in [0.1, 0.15) is 39.5 Å². The monoisotopic (exact) mass is 491 g/mol. The van der Waals surface area contributed by atoms with Gasteiger partial charge in [-0.2, -0.15) is 4.31 Å². The second-order valence-corrected chi connectivity index (χ2v) is 11.3. The molecule has 1 amide bonds. The van der Waals surface area contributed by atoms with E-state index in [1.165, 1.54) is 10.4 Å². The molecule has 0 aromatic heterocycles. The summed E-state index contributed by atoms with van der Waals surface area (Å²) < 4.78 is 33.0. The Kier molecular flexibility index (Phi) is 7.92. The molecule has 1 aromatic rings. The molecule has 0 aliphatic carbocycles. The Balaban J connectivity index is 1.79. The van der Waals surface area contributed by atoms with Crippen LogP contribution in [0.25, 0.3) is 0 Å². The van der Waals surface area contributed by atoms with Crippen molar-refractivity contribution in [1.82, 2.24) is 14.5 Å². The van der Waals surface area contributed by atoms with Crippen LogP contribution >= 0.6 is 23.2 Å². The zero-order valence-electron chi connectivity index (χ0n) is 18.2. The number of carbonyl (C=O) groups is 1. The predicted octanol–water partition coefficient (Wildman–Crippen LogP) is 3.36. The number of hydrogen-bond donors (Lipinski definition) is 1. The van der Waals surface area contributed by atoms with Gasteiger partial charge >= 0.3 is 0 Å². The first-order valence-electron chi connectivity index (χ1n) is 10.6. The van der Waals surface area contributed by atoms with Gasteiger partial charge in [0.15, 0.2) is 0 Å². The Hall–Kier alpha value is -0.900. The highest BCUT2D eigenvalue weighted by Gasteiger charge is 2.52. The number of halogens is 2. The first-order chi connectivity index (χ1) is 14.6. The minimum Gasteiger partial charge on any atom is -0.385 e. The van der Waals surface area contributed by atoms with Gasteiger partial charge in [0.25, 0.3) is 0 Å². The van der Waals surface area contributed by atoms with Crippen LogP contribution < -0.4 is 5.32 Å². The average molecular weight is 492 g/mol. The van der Waals surface area contributed by atoms with Gasteiger partial charge in [0.05, 0.1) is 21.7 Å². The molecule has 1 aromatic carbocycles. The molecule has 0 saturated carbocycles. The molecule has 2 aliphatic heterocycles. The minimum absolute atomic E-state index is 0.0164. The molecule has 0 bridgehead atoms. The highest BCUT2D eigenvalue weighted by Crippen LogP contribution is 2.37. The van der Waals surface area contributed by atoms with E-state index in [9.17, 15) is 13.2 Å². The van der Waals surface area contributed by atoms with Crippen molar-refractivity contribution in [2.75, 3.05) is 33.4 Å². The Morgan fingerprint density at radius 2 is 1.94 bits per heavy atom. The molecule has 31 heavy (non-hydrogen) atoms. The van der Waals surface area contributed by atoms with Crippen LogP contribution in [0, 0.1) is 5.92 Å². The van der Waals surface area contributed by atoms with E-state index in [1.54, 1.807) is 19.2 Å². The van der Waals surface area contributed by atoms with Crippen LogP contribution in [0.4, 0.5) is 0 Å². The lowest BCUT2D eigenvalue weighted by Gasteiger charge is -2.44. The smallest absolute Gasteiger partial charge is 0.244 e. The molecular formula is C21H31Cl2N3O4S. The number of hydrogen-bond acceptors (Lipinski definition) is 5. The third-order valence-electron chi connectivity index (χ3n) is 6.04. The second-order valence-electron chi connectivity index (χ2n) is 8.65. The van der Waals surface area contributed by atoms with Crippen LogP contribution in [-0.4, -0.2) is 68.6 Å². The van der Waals surface area contributed by atoms with Crippen molar-refractivity contribution in [3.63, 3.8) is 0 Å². The van der Waals surface area contributed by atoms with Gasteiger partial charge < -0.3 is 9.64 Å².